The van der Waals surface area contributed by atoms with Crippen molar-refractivity contribution in [1.29, 1.82) is 0 Å². The maximum Gasteiger partial charge on any atom is 0.323 e. The molecule has 204 valence electrons. The number of nitrogens with zero attached hydrogens (tertiary/aromatic N) is 1. The van der Waals surface area contributed by atoms with Crippen LogP contribution in [0.1, 0.15) is 37.4 Å². The third-order valence-electron chi connectivity index (χ3n) is 5.93. The summed E-state index contributed by atoms with van der Waals surface area (Å²) in [6.45, 7) is 4.70. The zero-order valence-electron chi connectivity index (χ0n) is 22.5. The molecule has 3 aromatic rings. The summed E-state index contributed by atoms with van der Waals surface area (Å²) in [5, 5.41) is 8.33. The highest BCUT2D eigenvalue weighted by molar-refractivity contribution is 6.02. The second-order valence-electron chi connectivity index (χ2n) is 8.76. The Balaban J connectivity index is 1.84. The summed E-state index contributed by atoms with van der Waals surface area (Å²) in [6, 6.07) is 18.3. The van der Waals surface area contributed by atoms with E-state index in [1.54, 1.807) is 48.5 Å². The third-order valence-corrected chi connectivity index (χ3v) is 5.93. The molecule has 0 saturated heterocycles. The van der Waals surface area contributed by atoms with E-state index < -0.39 is 18.0 Å². The number of nitrogens with one attached hydrogen (secondary N) is 3. The number of rotatable bonds is 9. The number of methoxy groups -OCH3 is 2. The van der Waals surface area contributed by atoms with Gasteiger partial charge in [0.2, 0.25) is 11.8 Å². The van der Waals surface area contributed by atoms with Crippen LogP contribution in [-0.4, -0.2) is 38.0 Å². The Labute approximate surface area is 227 Å². The minimum absolute atomic E-state index is 0.0328. The van der Waals surface area contributed by atoms with Gasteiger partial charge in [0, 0.05) is 31.3 Å². The largest absolute Gasteiger partial charge is 0.494 e. The predicted octanol–water partition coefficient (Wildman–Crippen LogP) is 5.07. The van der Waals surface area contributed by atoms with Crippen LogP contribution < -0.4 is 25.6 Å². The summed E-state index contributed by atoms with van der Waals surface area (Å²) in [6.07, 6.45) is -0.0328. The Morgan fingerprint density at radius 2 is 1.49 bits per heavy atom. The standard InChI is InChI=1S/C29H32N4O6/c1-18-8-6-7-9-24(18)31-29(37)32-25-15-14-23(16-27(25)38-4)33(20(3)35)22-12-10-21(11-13-22)26(30-19(2)34)17-28(36)39-5/h6-16,26H,17H2,1-5H3,(H,30,34)(H2,31,32,37). The Bertz CT molecular complexity index is 1360. The van der Waals surface area contributed by atoms with Crippen molar-refractivity contribution >= 4 is 46.6 Å². The minimum atomic E-state index is -0.578. The van der Waals surface area contributed by atoms with Crippen molar-refractivity contribution in [2.45, 2.75) is 33.2 Å². The quantitative estimate of drug-likeness (QED) is 0.330. The van der Waals surface area contributed by atoms with Crippen LogP contribution in [0.15, 0.2) is 66.7 Å². The molecule has 0 bridgehead atoms. The van der Waals surface area contributed by atoms with Gasteiger partial charge in [-0.2, -0.15) is 0 Å². The summed E-state index contributed by atoms with van der Waals surface area (Å²) in [5.74, 6) is -0.641. The molecule has 0 spiro atoms. The predicted molar refractivity (Wildman–Crippen MR) is 149 cm³/mol. The van der Waals surface area contributed by atoms with E-state index in [9.17, 15) is 19.2 Å². The zero-order valence-corrected chi connectivity index (χ0v) is 22.5. The van der Waals surface area contributed by atoms with Crippen molar-refractivity contribution in [3.05, 3.63) is 77.9 Å². The van der Waals surface area contributed by atoms with Gasteiger partial charge in [-0.1, -0.05) is 30.3 Å². The van der Waals surface area contributed by atoms with Gasteiger partial charge in [0.15, 0.2) is 0 Å². The molecular weight excluding hydrogens is 500 g/mol. The molecule has 1 unspecified atom stereocenters. The van der Waals surface area contributed by atoms with Crippen molar-refractivity contribution in [1.82, 2.24) is 5.32 Å². The van der Waals surface area contributed by atoms with E-state index >= 15 is 0 Å². The lowest BCUT2D eigenvalue weighted by Gasteiger charge is -2.24. The second-order valence-corrected chi connectivity index (χ2v) is 8.76. The molecular formula is C29H32N4O6. The van der Waals surface area contributed by atoms with E-state index in [0.29, 0.717) is 34.1 Å². The monoisotopic (exact) mass is 532 g/mol. The number of esters is 1. The molecule has 0 aliphatic rings. The molecule has 4 amide bonds. The smallest absolute Gasteiger partial charge is 0.323 e. The van der Waals surface area contributed by atoms with Gasteiger partial charge >= 0.3 is 12.0 Å². The first kappa shape index (κ1) is 28.7. The van der Waals surface area contributed by atoms with Crippen molar-refractivity contribution in [3.8, 4) is 5.75 Å². The van der Waals surface area contributed by atoms with Crippen LogP contribution >= 0.6 is 0 Å². The van der Waals surface area contributed by atoms with Crippen molar-refractivity contribution < 1.29 is 28.7 Å². The molecule has 3 aromatic carbocycles. The molecule has 3 rings (SSSR count). The van der Waals surface area contributed by atoms with Crippen molar-refractivity contribution in [2.75, 3.05) is 29.8 Å². The zero-order chi connectivity index (χ0) is 28.5. The van der Waals surface area contributed by atoms with Crippen LogP contribution in [0.3, 0.4) is 0 Å². The van der Waals surface area contributed by atoms with Gasteiger partial charge in [0.1, 0.15) is 5.75 Å². The van der Waals surface area contributed by atoms with Gasteiger partial charge in [-0.05, 0) is 48.4 Å². The highest BCUT2D eigenvalue weighted by Crippen LogP contribution is 2.34. The fourth-order valence-corrected chi connectivity index (χ4v) is 4.03. The fourth-order valence-electron chi connectivity index (χ4n) is 4.03. The number of carbonyl (C=O) groups excluding carboxylic acids is 4. The normalized spacial score (nSPS) is 11.1. The molecule has 0 radical (unpaired) electrons. The molecule has 3 N–H and O–H groups in total. The van der Waals surface area contributed by atoms with Gasteiger partial charge in [0.25, 0.3) is 0 Å². The Kier molecular flexibility index (Phi) is 9.63. The molecule has 10 nitrogen and oxygen atoms in total. The number of hydrogen-bond acceptors (Lipinski definition) is 6. The molecule has 0 saturated carbocycles. The SMILES string of the molecule is COC(=O)CC(NC(C)=O)c1ccc(N(C(C)=O)c2ccc(NC(=O)Nc3ccccc3C)c(OC)c2)cc1. The third kappa shape index (κ3) is 7.57. The molecule has 0 aliphatic heterocycles. The highest BCUT2D eigenvalue weighted by atomic mass is 16.5. The number of amides is 4. The average Bonchev–Trinajstić information content (AvgIpc) is 2.90. The van der Waals surface area contributed by atoms with Crippen LogP contribution in [0.4, 0.5) is 27.5 Å². The summed E-state index contributed by atoms with van der Waals surface area (Å²) in [4.78, 5) is 50.2. The minimum Gasteiger partial charge on any atom is -0.494 e. The van der Waals surface area contributed by atoms with Crippen LogP contribution in [-0.2, 0) is 19.1 Å². The Morgan fingerprint density at radius 3 is 2.08 bits per heavy atom. The number of carbonyl (C=O) groups is 4. The van der Waals surface area contributed by atoms with Gasteiger partial charge < -0.3 is 25.4 Å². The van der Waals surface area contributed by atoms with Crippen LogP contribution in [0.2, 0.25) is 0 Å². The fraction of sp³-hybridized carbons (Fsp3) is 0.241. The Morgan fingerprint density at radius 1 is 0.846 bits per heavy atom. The number of hydrogen-bond donors (Lipinski definition) is 3. The number of aryl methyl sites for hydroxylation is 1. The second kappa shape index (κ2) is 13.1. The van der Waals surface area contributed by atoms with Gasteiger partial charge in [-0.25, -0.2) is 4.79 Å². The molecule has 39 heavy (non-hydrogen) atoms. The lowest BCUT2D eigenvalue weighted by Crippen LogP contribution is -2.28. The van der Waals surface area contributed by atoms with Gasteiger partial charge in [0.05, 0.1) is 38.1 Å². The topological polar surface area (TPSA) is 126 Å². The summed E-state index contributed by atoms with van der Waals surface area (Å²) in [7, 11) is 2.76. The van der Waals surface area contributed by atoms with E-state index in [1.165, 1.54) is 33.0 Å². The number of anilines is 4. The van der Waals surface area contributed by atoms with E-state index in [2.05, 4.69) is 16.0 Å². The van der Waals surface area contributed by atoms with E-state index in [4.69, 9.17) is 9.47 Å². The van der Waals surface area contributed by atoms with Crippen LogP contribution in [0, 0.1) is 6.92 Å². The average molecular weight is 533 g/mol. The maximum atomic E-state index is 12.7. The summed E-state index contributed by atoms with van der Waals surface area (Å²) < 4.78 is 10.2. The first-order chi connectivity index (χ1) is 18.6. The number of urea groups is 1. The number of benzene rings is 3. The molecule has 10 heteroatoms. The van der Waals surface area contributed by atoms with Gasteiger partial charge in [-0.3, -0.25) is 19.3 Å². The Hall–Kier alpha value is -4.86. The lowest BCUT2D eigenvalue weighted by molar-refractivity contribution is -0.141. The van der Waals surface area contributed by atoms with Crippen LogP contribution in [0.25, 0.3) is 0 Å². The number of para-hydroxylation sites is 1. The summed E-state index contributed by atoms with van der Waals surface area (Å²) in [5.41, 5.74) is 3.79. The van der Waals surface area contributed by atoms with Gasteiger partial charge in [-0.15, -0.1) is 0 Å². The molecule has 1 atom stereocenters. The van der Waals surface area contributed by atoms with Crippen molar-refractivity contribution in [3.63, 3.8) is 0 Å². The first-order valence-corrected chi connectivity index (χ1v) is 12.2. The molecule has 0 fully saturated rings. The maximum absolute atomic E-state index is 12.7. The molecule has 0 aromatic heterocycles. The van der Waals surface area contributed by atoms with E-state index in [0.717, 1.165) is 5.56 Å². The van der Waals surface area contributed by atoms with Crippen molar-refractivity contribution in [2.24, 2.45) is 0 Å². The summed E-state index contributed by atoms with van der Waals surface area (Å²) >= 11 is 0. The van der Waals surface area contributed by atoms with Crippen LogP contribution in [0.5, 0.6) is 5.75 Å². The number of ether oxygens (including phenoxy) is 2. The lowest BCUT2D eigenvalue weighted by atomic mass is 10.0. The highest BCUT2D eigenvalue weighted by Gasteiger charge is 2.20. The van der Waals surface area contributed by atoms with E-state index in [-0.39, 0.29) is 18.2 Å². The molecule has 0 aliphatic carbocycles. The van der Waals surface area contributed by atoms with E-state index in [1.807, 2.05) is 25.1 Å². The first-order valence-electron chi connectivity index (χ1n) is 12.2. The molecule has 0 heterocycles.